The molecule has 0 bridgehead atoms. The summed E-state index contributed by atoms with van der Waals surface area (Å²) in [5.74, 6) is 0.690. The van der Waals surface area contributed by atoms with E-state index in [0.29, 0.717) is 24.7 Å². The maximum Gasteiger partial charge on any atom is 0.247 e. The fourth-order valence-electron chi connectivity index (χ4n) is 3.85. The fourth-order valence-corrected chi connectivity index (χ4v) is 3.85. The Hall–Kier alpha value is -3.84. The van der Waals surface area contributed by atoms with E-state index in [-0.39, 0.29) is 24.8 Å². The number of hydrogen-bond acceptors (Lipinski definition) is 5. The lowest BCUT2D eigenvalue weighted by Gasteiger charge is -2.32. The molecule has 0 radical (unpaired) electrons. The number of carbonyl (C=O) groups excluding carboxylic acids is 2. The van der Waals surface area contributed by atoms with Crippen molar-refractivity contribution in [1.29, 1.82) is 0 Å². The molecule has 0 heterocycles. The monoisotopic (exact) mass is 476 g/mol. The van der Waals surface area contributed by atoms with E-state index >= 15 is 0 Å². The van der Waals surface area contributed by atoms with Crippen molar-refractivity contribution < 1.29 is 23.8 Å². The first kappa shape index (κ1) is 25.8. The smallest absolute Gasteiger partial charge is 0.247 e. The lowest BCUT2D eigenvalue weighted by Crippen LogP contribution is -2.44. The van der Waals surface area contributed by atoms with Gasteiger partial charge in [0.15, 0.2) is 11.5 Å². The summed E-state index contributed by atoms with van der Waals surface area (Å²) in [5.41, 5.74) is 2.43. The summed E-state index contributed by atoms with van der Waals surface area (Å²) in [7, 11) is 4.70. The summed E-state index contributed by atoms with van der Waals surface area (Å²) in [4.78, 5) is 28.8. The number of benzene rings is 3. The van der Waals surface area contributed by atoms with Gasteiger partial charge < -0.3 is 24.4 Å². The van der Waals surface area contributed by atoms with Crippen LogP contribution in [0.15, 0.2) is 78.9 Å². The van der Waals surface area contributed by atoms with E-state index in [1.54, 1.807) is 38.4 Å². The first-order valence-corrected chi connectivity index (χ1v) is 11.4. The minimum absolute atomic E-state index is 0.0991. The second kappa shape index (κ2) is 13.2. The first-order valence-electron chi connectivity index (χ1n) is 11.4. The fraction of sp³-hybridized carbons (Fsp3) is 0.286. The third kappa shape index (κ3) is 7.07. The SMILES string of the molecule is COCCNC(=O)C(c1ccccc1)N(Cc1ccccc1)C(=O)Cc1ccc(OC)c(OC)c1. The lowest BCUT2D eigenvalue weighted by atomic mass is 10.0. The van der Waals surface area contributed by atoms with Crippen molar-refractivity contribution in [1.82, 2.24) is 10.2 Å². The van der Waals surface area contributed by atoms with Gasteiger partial charge >= 0.3 is 0 Å². The molecule has 2 amide bonds. The van der Waals surface area contributed by atoms with Crippen LogP contribution >= 0.6 is 0 Å². The summed E-state index contributed by atoms with van der Waals surface area (Å²) in [5, 5.41) is 2.91. The van der Waals surface area contributed by atoms with Crippen molar-refractivity contribution in [3.8, 4) is 11.5 Å². The Labute approximate surface area is 206 Å². The standard InChI is InChI=1S/C28H32N2O5/c1-33-17-16-29-28(32)27(23-12-8-5-9-13-23)30(20-21-10-6-4-7-11-21)26(31)19-22-14-15-24(34-2)25(18-22)35-3/h4-15,18,27H,16-17,19-20H2,1-3H3,(H,29,32). The molecule has 3 aromatic rings. The van der Waals surface area contributed by atoms with Gasteiger partial charge in [0, 0.05) is 20.2 Å². The lowest BCUT2D eigenvalue weighted by molar-refractivity contribution is -0.141. The van der Waals surface area contributed by atoms with Crippen LogP contribution in [0.1, 0.15) is 22.7 Å². The van der Waals surface area contributed by atoms with Crippen LogP contribution in [0, 0.1) is 0 Å². The summed E-state index contributed by atoms with van der Waals surface area (Å²) >= 11 is 0. The number of methoxy groups -OCH3 is 3. The number of nitrogens with zero attached hydrogens (tertiary/aromatic N) is 1. The Morgan fingerprint density at radius 1 is 0.829 bits per heavy atom. The quantitative estimate of drug-likeness (QED) is 0.403. The van der Waals surface area contributed by atoms with Gasteiger partial charge in [-0.25, -0.2) is 0 Å². The molecule has 35 heavy (non-hydrogen) atoms. The van der Waals surface area contributed by atoms with Gasteiger partial charge in [0.05, 0.1) is 27.2 Å². The summed E-state index contributed by atoms with van der Waals surface area (Å²) < 4.78 is 15.8. The molecule has 0 spiro atoms. The second-order valence-corrected chi connectivity index (χ2v) is 7.97. The van der Waals surface area contributed by atoms with Crippen molar-refractivity contribution in [2.75, 3.05) is 34.5 Å². The molecule has 0 saturated carbocycles. The molecule has 184 valence electrons. The zero-order valence-corrected chi connectivity index (χ0v) is 20.4. The van der Waals surface area contributed by atoms with Gasteiger partial charge in [-0.1, -0.05) is 66.7 Å². The van der Waals surface area contributed by atoms with E-state index in [0.717, 1.165) is 16.7 Å². The molecule has 0 aliphatic heterocycles. The van der Waals surface area contributed by atoms with Crippen LogP contribution in [0.2, 0.25) is 0 Å². The number of nitrogens with one attached hydrogen (secondary N) is 1. The minimum Gasteiger partial charge on any atom is -0.493 e. The van der Waals surface area contributed by atoms with Crippen LogP contribution in [0.4, 0.5) is 0 Å². The molecule has 1 unspecified atom stereocenters. The Kier molecular flexibility index (Phi) is 9.69. The maximum atomic E-state index is 13.8. The predicted molar refractivity (Wildman–Crippen MR) is 134 cm³/mol. The van der Waals surface area contributed by atoms with Gasteiger partial charge in [0.2, 0.25) is 11.8 Å². The Bertz CT molecular complexity index is 1090. The Morgan fingerprint density at radius 2 is 1.49 bits per heavy atom. The minimum atomic E-state index is -0.805. The van der Waals surface area contributed by atoms with Crippen LogP contribution in [0.5, 0.6) is 11.5 Å². The number of hydrogen-bond donors (Lipinski definition) is 1. The highest BCUT2D eigenvalue weighted by molar-refractivity contribution is 5.89. The molecule has 0 aromatic heterocycles. The number of ether oxygens (including phenoxy) is 3. The number of rotatable bonds is 12. The largest absolute Gasteiger partial charge is 0.493 e. The Balaban J connectivity index is 1.97. The van der Waals surface area contributed by atoms with Gasteiger partial charge in [0.1, 0.15) is 6.04 Å². The highest BCUT2D eigenvalue weighted by Gasteiger charge is 2.31. The average Bonchev–Trinajstić information content (AvgIpc) is 2.89. The molecule has 7 nitrogen and oxygen atoms in total. The number of carbonyl (C=O) groups is 2. The number of amides is 2. The summed E-state index contributed by atoms with van der Waals surface area (Å²) in [6.07, 6.45) is 0.0991. The van der Waals surface area contributed by atoms with Crippen molar-refractivity contribution in [3.05, 3.63) is 95.6 Å². The predicted octanol–water partition coefficient (Wildman–Crippen LogP) is 3.78. The van der Waals surface area contributed by atoms with Crippen LogP contribution in [0.3, 0.4) is 0 Å². The first-order chi connectivity index (χ1) is 17.1. The van der Waals surface area contributed by atoms with E-state index < -0.39 is 6.04 Å². The van der Waals surface area contributed by atoms with Gasteiger partial charge in [-0.3, -0.25) is 9.59 Å². The average molecular weight is 477 g/mol. The molecule has 0 fully saturated rings. The zero-order chi connectivity index (χ0) is 25.0. The highest BCUT2D eigenvalue weighted by Crippen LogP contribution is 2.29. The molecule has 1 N–H and O–H groups in total. The second-order valence-electron chi connectivity index (χ2n) is 7.97. The molecular formula is C28H32N2O5. The van der Waals surface area contributed by atoms with Crippen molar-refractivity contribution in [2.45, 2.75) is 19.0 Å². The Morgan fingerprint density at radius 3 is 2.11 bits per heavy atom. The normalized spacial score (nSPS) is 11.4. The van der Waals surface area contributed by atoms with Crippen LogP contribution < -0.4 is 14.8 Å². The van der Waals surface area contributed by atoms with E-state index in [1.807, 2.05) is 66.7 Å². The molecule has 0 saturated heterocycles. The van der Waals surface area contributed by atoms with Crippen LogP contribution in [-0.2, 0) is 27.3 Å². The van der Waals surface area contributed by atoms with Crippen LogP contribution in [-0.4, -0.2) is 51.2 Å². The zero-order valence-electron chi connectivity index (χ0n) is 20.4. The molecule has 3 aromatic carbocycles. The molecular weight excluding hydrogens is 444 g/mol. The van der Waals surface area contributed by atoms with E-state index in [1.165, 1.54) is 0 Å². The van der Waals surface area contributed by atoms with Gasteiger partial charge in [-0.15, -0.1) is 0 Å². The van der Waals surface area contributed by atoms with Gasteiger partial charge in [-0.05, 0) is 28.8 Å². The van der Waals surface area contributed by atoms with Crippen molar-refractivity contribution >= 4 is 11.8 Å². The van der Waals surface area contributed by atoms with Crippen molar-refractivity contribution in [2.24, 2.45) is 0 Å². The molecule has 3 rings (SSSR count). The topological polar surface area (TPSA) is 77.1 Å². The third-order valence-corrected chi connectivity index (χ3v) is 5.60. The van der Waals surface area contributed by atoms with E-state index in [9.17, 15) is 9.59 Å². The molecule has 7 heteroatoms. The molecule has 1 atom stereocenters. The maximum absolute atomic E-state index is 13.8. The van der Waals surface area contributed by atoms with E-state index in [2.05, 4.69) is 5.32 Å². The van der Waals surface area contributed by atoms with Gasteiger partial charge in [-0.2, -0.15) is 0 Å². The highest BCUT2D eigenvalue weighted by atomic mass is 16.5. The summed E-state index contributed by atoms with van der Waals surface area (Å²) in [6, 6.07) is 23.6. The third-order valence-electron chi connectivity index (χ3n) is 5.60. The summed E-state index contributed by atoms with van der Waals surface area (Å²) in [6.45, 7) is 1.01. The molecule has 0 aliphatic carbocycles. The van der Waals surface area contributed by atoms with E-state index in [4.69, 9.17) is 14.2 Å². The van der Waals surface area contributed by atoms with Gasteiger partial charge in [0.25, 0.3) is 0 Å². The van der Waals surface area contributed by atoms with Crippen molar-refractivity contribution in [3.63, 3.8) is 0 Å². The molecule has 0 aliphatic rings. The van der Waals surface area contributed by atoms with Crippen LogP contribution in [0.25, 0.3) is 0 Å².